The van der Waals surface area contributed by atoms with E-state index in [-0.39, 0.29) is 5.78 Å². The average Bonchev–Trinajstić information content (AvgIpc) is 2.78. The number of carbonyl (C=O) groups is 1. The van der Waals surface area contributed by atoms with Crippen LogP contribution < -0.4 is 4.90 Å². The molecule has 0 saturated carbocycles. The first-order valence-electron chi connectivity index (χ1n) is 6.21. The van der Waals surface area contributed by atoms with E-state index in [0.717, 1.165) is 30.3 Å². The predicted molar refractivity (Wildman–Crippen MR) is 69.1 cm³/mol. The number of ketones is 1. The van der Waals surface area contributed by atoms with E-state index in [2.05, 4.69) is 4.90 Å². The van der Waals surface area contributed by atoms with Gasteiger partial charge >= 0.3 is 0 Å². The zero-order valence-electron chi connectivity index (χ0n) is 10.5. The third kappa shape index (κ3) is 2.99. The summed E-state index contributed by atoms with van der Waals surface area (Å²) < 4.78 is 5.74. The molecule has 0 aliphatic carbocycles. The summed E-state index contributed by atoms with van der Waals surface area (Å²) in [4.78, 5) is 13.4. The first-order chi connectivity index (χ1) is 8.16. The number of furan rings is 1. The van der Waals surface area contributed by atoms with Crippen LogP contribution in [-0.2, 0) is 4.79 Å². The van der Waals surface area contributed by atoms with Crippen LogP contribution in [0.4, 0.5) is 5.88 Å². The minimum atomic E-state index is 0.0842. The van der Waals surface area contributed by atoms with E-state index in [0.29, 0.717) is 0 Å². The van der Waals surface area contributed by atoms with Crippen LogP contribution in [-0.4, -0.2) is 18.9 Å². The molecule has 1 aliphatic rings. The van der Waals surface area contributed by atoms with Crippen molar-refractivity contribution in [3.8, 4) is 0 Å². The van der Waals surface area contributed by atoms with Gasteiger partial charge in [0.2, 0.25) is 0 Å². The standard InChI is InChI=1S/C14H19NO2/c1-11(12(2)16)10-13-6-7-14(17-13)15-8-4-3-5-9-15/h6-7,10H,3-5,8-9H2,1-2H3/b11-10+. The lowest BCUT2D eigenvalue weighted by atomic mass is 10.1. The monoisotopic (exact) mass is 233 g/mol. The van der Waals surface area contributed by atoms with Crippen LogP contribution in [0, 0.1) is 0 Å². The molecule has 0 aromatic carbocycles. The Morgan fingerprint density at radius 1 is 1.24 bits per heavy atom. The second kappa shape index (κ2) is 5.21. The van der Waals surface area contributed by atoms with Crippen molar-refractivity contribution in [2.75, 3.05) is 18.0 Å². The molecule has 0 atom stereocenters. The number of Topliss-reactive ketones (excluding diaryl/α,β-unsaturated/α-hetero) is 1. The Hall–Kier alpha value is -1.51. The molecule has 0 amide bonds. The van der Waals surface area contributed by atoms with Crippen LogP contribution >= 0.6 is 0 Å². The smallest absolute Gasteiger partial charge is 0.196 e. The maximum Gasteiger partial charge on any atom is 0.196 e. The van der Waals surface area contributed by atoms with Crippen LogP contribution in [0.5, 0.6) is 0 Å². The molecule has 1 aromatic rings. The highest BCUT2D eigenvalue weighted by atomic mass is 16.4. The number of hydrogen-bond acceptors (Lipinski definition) is 3. The fourth-order valence-electron chi connectivity index (χ4n) is 2.02. The molecule has 0 radical (unpaired) electrons. The Bertz CT molecular complexity index is 425. The highest BCUT2D eigenvalue weighted by Gasteiger charge is 2.13. The number of rotatable bonds is 3. The number of piperidine rings is 1. The fourth-order valence-corrected chi connectivity index (χ4v) is 2.02. The average molecular weight is 233 g/mol. The van der Waals surface area contributed by atoms with Gasteiger partial charge in [-0.2, -0.15) is 0 Å². The maximum atomic E-state index is 11.1. The Labute approximate surface area is 102 Å². The quantitative estimate of drug-likeness (QED) is 0.751. The molecule has 0 spiro atoms. The number of carbonyl (C=O) groups excluding carboxylic acids is 1. The lowest BCUT2D eigenvalue weighted by Crippen LogP contribution is -2.28. The second-order valence-corrected chi connectivity index (χ2v) is 4.61. The summed E-state index contributed by atoms with van der Waals surface area (Å²) in [5.41, 5.74) is 0.726. The van der Waals surface area contributed by atoms with Crippen molar-refractivity contribution >= 4 is 17.7 Å². The van der Waals surface area contributed by atoms with Crippen molar-refractivity contribution in [1.82, 2.24) is 0 Å². The molecule has 1 aromatic heterocycles. The third-order valence-corrected chi connectivity index (χ3v) is 3.19. The van der Waals surface area contributed by atoms with E-state index in [1.807, 2.05) is 19.1 Å². The van der Waals surface area contributed by atoms with Crippen LogP contribution in [0.2, 0.25) is 0 Å². The minimum Gasteiger partial charge on any atom is -0.441 e. The first-order valence-corrected chi connectivity index (χ1v) is 6.21. The summed E-state index contributed by atoms with van der Waals surface area (Å²) in [5.74, 6) is 1.77. The van der Waals surface area contributed by atoms with Crippen LogP contribution in [0.15, 0.2) is 22.1 Å². The van der Waals surface area contributed by atoms with Gasteiger partial charge in [0.05, 0.1) is 0 Å². The Morgan fingerprint density at radius 2 is 1.94 bits per heavy atom. The largest absolute Gasteiger partial charge is 0.441 e. The number of nitrogens with zero attached hydrogens (tertiary/aromatic N) is 1. The molecule has 2 heterocycles. The molecule has 2 rings (SSSR count). The molecular weight excluding hydrogens is 214 g/mol. The Kier molecular flexibility index (Phi) is 3.67. The van der Waals surface area contributed by atoms with Crippen molar-refractivity contribution in [3.05, 3.63) is 23.5 Å². The molecular formula is C14H19NO2. The van der Waals surface area contributed by atoms with Gasteiger partial charge in [0, 0.05) is 19.2 Å². The molecule has 3 nitrogen and oxygen atoms in total. The molecule has 1 saturated heterocycles. The van der Waals surface area contributed by atoms with Gasteiger partial charge in [-0.25, -0.2) is 0 Å². The summed E-state index contributed by atoms with van der Waals surface area (Å²) in [6.07, 6.45) is 5.58. The zero-order chi connectivity index (χ0) is 12.3. The van der Waals surface area contributed by atoms with Gasteiger partial charge in [-0.05, 0) is 50.8 Å². The summed E-state index contributed by atoms with van der Waals surface area (Å²) in [5, 5.41) is 0. The predicted octanol–water partition coefficient (Wildman–Crippen LogP) is 3.26. The van der Waals surface area contributed by atoms with E-state index in [4.69, 9.17) is 4.42 Å². The maximum absolute atomic E-state index is 11.1. The van der Waals surface area contributed by atoms with Gasteiger partial charge in [0.1, 0.15) is 5.76 Å². The highest BCUT2D eigenvalue weighted by Crippen LogP contribution is 2.23. The lowest BCUT2D eigenvalue weighted by Gasteiger charge is -2.25. The molecule has 0 N–H and O–H groups in total. The van der Waals surface area contributed by atoms with Crippen LogP contribution in [0.3, 0.4) is 0 Å². The van der Waals surface area contributed by atoms with E-state index >= 15 is 0 Å². The molecule has 17 heavy (non-hydrogen) atoms. The molecule has 92 valence electrons. The molecule has 1 fully saturated rings. The van der Waals surface area contributed by atoms with Crippen LogP contribution in [0.1, 0.15) is 38.9 Å². The molecule has 1 aliphatic heterocycles. The van der Waals surface area contributed by atoms with Gasteiger partial charge in [0.25, 0.3) is 0 Å². The summed E-state index contributed by atoms with van der Waals surface area (Å²) in [6, 6.07) is 3.92. The van der Waals surface area contributed by atoms with E-state index in [1.54, 1.807) is 13.0 Å². The Balaban J connectivity index is 2.10. The van der Waals surface area contributed by atoms with E-state index < -0.39 is 0 Å². The van der Waals surface area contributed by atoms with Crippen molar-refractivity contribution in [2.45, 2.75) is 33.1 Å². The van der Waals surface area contributed by atoms with Gasteiger partial charge in [0.15, 0.2) is 11.7 Å². The van der Waals surface area contributed by atoms with Gasteiger partial charge in [-0.1, -0.05) is 0 Å². The van der Waals surface area contributed by atoms with Gasteiger partial charge in [-0.15, -0.1) is 0 Å². The number of allylic oxidation sites excluding steroid dienone is 1. The first kappa shape index (κ1) is 12.0. The number of anilines is 1. The highest BCUT2D eigenvalue weighted by molar-refractivity contribution is 5.96. The SMILES string of the molecule is CC(=O)/C(C)=C/c1ccc(N2CCCCC2)o1. The van der Waals surface area contributed by atoms with Crippen molar-refractivity contribution < 1.29 is 9.21 Å². The fraction of sp³-hybridized carbons (Fsp3) is 0.500. The topological polar surface area (TPSA) is 33.5 Å². The third-order valence-electron chi connectivity index (χ3n) is 3.19. The van der Waals surface area contributed by atoms with Crippen molar-refractivity contribution in [1.29, 1.82) is 0 Å². The summed E-state index contributed by atoms with van der Waals surface area (Å²) in [7, 11) is 0. The van der Waals surface area contributed by atoms with E-state index in [9.17, 15) is 4.79 Å². The van der Waals surface area contributed by atoms with Gasteiger partial charge in [-0.3, -0.25) is 4.79 Å². The molecule has 0 bridgehead atoms. The minimum absolute atomic E-state index is 0.0842. The number of hydrogen-bond donors (Lipinski definition) is 0. The van der Waals surface area contributed by atoms with Gasteiger partial charge < -0.3 is 9.32 Å². The van der Waals surface area contributed by atoms with Crippen molar-refractivity contribution in [2.24, 2.45) is 0 Å². The second-order valence-electron chi connectivity index (χ2n) is 4.61. The lowest BCUT2D eigenvalue weighted by molar-refractivity contribution is -0.113. The normalized spacial score (nSPS) is 17.3. The van der Waals surface area contributed by atoms with E-state index in [1.165, 1.54) is 19.3 Å². The summed E-state index contributed by atoms with van der Waals surface area (Å²) >= 11 is 0. The Morgan fingerprint density at radius 3 is 2.59 bits per heavy atom. The molecule has 0 unspecified atom stereocenters. The summed E-state index contributed by atoms with van der Waals surface area (Å²) in [6.45, 7) is 5.52. The zero-order valence-corrected chi connectivity index (χ0v) is 10.5. The van der Waals surface area contributed by atoms with Crippen molar-refractivity contribution in [3.63, 3.8) is 0 Å². The molecule has 3 heteroatoms. The van der Waals surface area contributed by atoms with Crippen LogP contribution in [0.25, 0.3) is 6.08 Å².